The lowest BCUT2D eigenvalue weighted by molar-refractivity contribution is -0.384. The normalized spacial score (nSPS) is 14.2. The van der Waals surface area contributed by atoms with Crippen molar-refractivity contribution in [3.63, 3.8) is 0 Å². The van der Waals surface area contributed by atoms with Gasteiger partial charge in [0.1, 0.15) is 0 Å². The number of hydrogen-bond acceptors (Lipinski definition) is 4. The Morgan fingerprint density at radius 2 is 1.92 bits per heavy atom. The number of nitro groups is 1. The van der Waals surface area contributed by atoms with E-state index in [-0.39, 0.29) is 23.9 Å². The van der Waals surface area contributed by atoms with Gasteiger partial charge in [-0.2, -0.15) is 0 Å². The second kappa shape index (κ2) is 7.77. The van der Waals surface area contributed by atoms with Crippen molar-refractivity contribution in [1.82, 2.24) is 0 Å². The van der Waals surface area contributed by atoms with Crippen LogP contribution in [-0.2, 0) is 16.0 Å². The van der Waals surface area contributed by atoms with Crippen LogP contribution in [0.2, 0.25) is 0 Å². The summed E-state index contributed by atoms with van der Waals surface area (Å²) in [7, 11) is 0. The van der Waals surface area contributed by atoms with Crippen LogP contribution in [0.5, 0.6) is 0 Å². The Balaban J connectivity index is 1.64. The SMILES string of the molecule is O=C(Cc1ccc([N+](=O)[O-])cc1)Nc1cccc(N2CCCCC2=O)c1. The number of non-ortho nitro benzene ring substituents is 1. The van der Waals surface area contributed by atoms with Gasteiger partial charge in [0.15, 0.2) is 0 Å². The number of benzene rings is 2. The maximum atomic E-state index is 12.2. The molecule has 0 atom stereocenters. The van der Waals surface area contributed by atoms with Crippen molar-refractivity contribution in [3.8, 4) is 0 Å². The van der Waals surface area contributed by atoms with Gasteiger partial charge < -0.3 is 10.2 Å². The number of carbonyl (C=O) groups is 2. The topological polar surface area (TPSA) is 92.5 Å². The third-order valence-electron chi connectivity index (χ3n) is 4.28. The summed E-state index contributed by atoms with van der Waals surface area (Å²) in [5.41, 5.74) is 2.08. The number of carbonyl (C=O) groups excluding carboxylic acids is 2. The van der Waals surface area contributed by atoms with Crippen LogP contribution >= 0.6 is 0 Å². The zero-order chi connectivity index (χ0) is 18.5. The van der Waals surface area contributed by atoms with E-state index in [1.165, 1.54) is 12.1 Å². The quantitative estimate of drug-likeness (QED) is 0.659. The van der Waals surface area contributed by atoms with Crippen LogP contribution < -0.4 is 10.2 Å². The molecule has 1 heterocycles. The first-order valence-corrected chi connectivity index (χ1v) is 8.46. The molecule has 1 aliphatic rings. The number of nitrogens with zero attached hydrogens (tertiary/aromatic N) is 2. The molecule has 0 aliphatic carbocycles. The number of piperidine rings is 1. The molecule has 1 fully saturated rings. The summed E-state index contributed by atoms with van der Waals surface area (Å²) in [5, 5.41) is 13.5. The second-order valence-corrected chi connectivity index (χ2v) is 6.20. The summed E-state index contributed by atoms with van der Waals surface area (Å²) in [6.07, 6.45) is 2.56. The van der Waals surface area contributed by atoms with E-state index in [0.29, 0.717) is 24.2 Å². The van der Waals surface area contributed by atoms with Crippen molar-refractivity contribution in [2.45, 2.75) is 25.7 Å². The average Bonchev–Trinajstić information content (AvgIpc) is 2.62. The third kappa shape index (κ3) is 4.24. The molecule has 0 aromatic heterocycles. The Morgan fingerprint density at radius 3 is 2.62 bits per heavy atom. The van der Waals surface area contributed by atoms with Crippen molar-refractivity contribution in [2.24, 2.45) is 0 Å². The number of hydrogen-bond donors (Lipinski definition) is 1. The fourth-order valence-corrected chi connectivity index (χ4v) is 2.96. The molecule has 7 nitrogen and oxygen atoms in total. The predicted octanol–water partition coefficient (Wildman–Crippen LogP) is 3.29. The fourth-order valence-electron chi connectivity index (χ4n) is 2.96. The van der Waals surface area contributed by atoms with E-state index in [4.69, 9.17) is 0 Å². The van der Waals surface area contributed by atoms with Gasteiger partial charge in [-0.1, -0.05) is 18.2 Å². The second-order valence-electron chi connectivity index (χ2n) is 6.20. The Kier molecular flexibility index (Phi) is 5.26. The molecular formula is C19H19N3O4. The van der Waals surface area contributed by atoms with E-state index in [9.17, 15) is 19.7 Å². The Bertz CT molecular complexity index is 833. The van der Waals surface area contributed by atoms with Gasteiger partial charge in [-0.3, -0.25) is 19.7 Å². The molecule has 3 rings (SSSR count). The molecule has 1 saturated heterocycles. The zero-order valence-electron chi connectivity index (χ0n) is 14.2. The number of rotatable bonds is 5. The monoisotopic (exact) mass is 353 g/mol. The smallest absolute Gasteiger partial charge is 0.269 e. The maximum Gasteiger partial charge on any atom is 0.269 e. The third-order valence-corrected chi connectivity index (χ3v) is 4.28. The highest BCUT2D eigenvalue weighted by atomic mass is 16.6. The lowest BCUT2D eigenvalue weighted by atomic mass is 10.1. The van der Waals surface area contributed by atoms with E-state index in [0.717, 1.165) is 18.5 Å². The van der Waals surface area contributed by atoms with Gasteiger partial charge in [-0.05, 0) is 36.6 Å². The van der Waals surface area contributed by atoms with E-state index >= 15 is 0 Å². The molecule has 2 aromatic carbocycles. The number of nitrogens with one attached hydrogen (secondary N) is 1. The van der Waals surface area contributed by atoms with E-state index in [1.807, 2.05) is 6.07 Å². The summed E-state index contributed by atoms with van der Waals surface area (Å²) >= 11 is 0. The van der Waals surface area contributed by atoms with Crippen LogP contribution in [0.4, 0.5) is 17.1 Å². The molecule has 0 saturated carbocycles. The minimum atomic E-state index is -0.475. The first kappa shape index (κ1) is 17.6. The molecular weight excluding hydrogens is 334 g/mol. The van der Waals surface area contributed by atoms with Crippen LogP contribution in [0.1, 0.15) is 24.8 Å². The Morgan fingerprint density at radius 1 is 1.15 bits per heavy atom. The van der Waals surface area contributed by atoms with E-state index < -0.39 is 4.92 Å². The van der Waals surface area contributed by atoms with Gasteiger partial charge in [0.25, 0.3) is 5.69 Å². The molecule has 1 N–H and O–H groups in total. The molecule has 26 heavy (non-hydrogen) atoms. The molecule has 2 aromatic rings. The Hall–Kier alpha value is -3.22. The lowest BCUT2D eigenvalue weighted by Gasteiger charge is -2.27. The number of amides is 2. The number of nitro benzene ring substituents is 1. The zero-order valence-corrected chi connectivity index (χ0v) is 14.2. The highest BCUT2D eigenvalue weighted by Crippen LogP contribution is 2.24. The molecule has 0 radical (unpaired) electrons. The minimum Gasteiger partial charge on any atom is -0.326 e. The number of anilines is 2. The highest BCUT2D eigenvalue weighted by Gasteiger charge is 2.19. The molecule has 7 heteroatoms. The van der Waals surface area contributed by atoms with Gasteiger partial charge in [0.2, 0.25) is 11.8 Å². The van der Waals surface area contributed by atoms with Gasteiger partial charge >= 0.3 is 0 Å². The van der Waals surface area contributed by atoms with Gasteiger partial charge in [0.05, 0.1) is 11.3 Å². The standard InChI is InChI=1S/C19H19N3O4/c23-18(12-14-7-9-16(10-8-14)22(25)26)20-15-4-3-5-17(13-15)21-11-2-1-6-19(21)24/h3-5,7-10,13H,1-2,6,11-12H2,(H,20,23). The van der Waals surface area contributed by atoms with Crippen molar-refractivity contribution in [1.29, 1.82) is 0 Å². The van der Waals surface area contributed by atoms with Gasteiger partial charge in [-0.25, -0.2) is 0 Å². The minimum absolute atomic E-state index is 0.00643. The van der Waals surface area contributed by atoms with Crippen LogP contribution in [0, 0.1) is 10.1 Å². The largest absolute Gasteiger partial charge is 0.326 e. The van der Waals surface area contributed by atoms with Crippen molar-refractivity contribution in [2.75, 3.05) is 16.8 Å². The van der Waals surface area contributed by atoms with Gasteiger partial charge in [-0.15, -0.1) is 0 Å². The van der Waals surface area contributed by atoms with Crippen LogP contribution in [0.25, 0.3) is 0 Å². The predicted molar refractivity (Wildman–Crippen MR) is 98.1 cm³/mol. The first-order chi connectivity index (χ1) is 12.5. The van der Waals surface area contributed by atoms with Gasteiger partial charge in [0, 0.05) is 36.5 Å². The summed E-state index contributed by atoms with van der Waals surface area (Å²) in [4.78, 5) is 36.2. The van der Waals surface area contributed by atoms with Crippen LogP contribution in [-0.4, -0.2) is 23.3 Å². The lowest BCUT2D eigenvalue weighted by Crippen LogP contribution is -2.35. The molecule has 2 amide bonds. The maximum absolute atomic E-state index is 12.2. The van der Waals surface area contributed by atoms with Crippen molar-refractivity contribution < 1.29 is 14.5 Å². The fraction of sp³-hybridized carbons (Fsp3) is 0.263. The summed E-state index contributed by atoms with van der Waals surface area (Å²) in [6, 6.07) is 13.1. The molecule has 0 spiro atoms. The van der Waals surface area contributed by atoms with E-state index in [2.05, 4.69) is 5.32 Å². The first-order valence-electron chi connectivity index (χ1n) is 8.46. The van der Waals surface area contributed by atoms with Crippen LogP contribution in [0.15, 0.2) is 48.5 Å². The summed E-state index contributed by atoms with van der Waals surface area (Å²) in [6.45, 7) is 0.693. The Labute approximate surface area is 150 Å². The van der Waals surface area contributed by atoms with E-state index in [1.54, 1.807) is 35.2 Å². The van der Waals surface area contributed by atoms with Crippen molar-refractivity contribution >= 4 is 28.9 Å². The summed E-state index contributed by atoms with van der Waals surface area (Å²) < 4.78 is 0. The molecule has 134 valence electrons. The van der Waals surface area contributed by atoms with Crippen LogP contribution in [0.3, 0.4) is 0 Å². The molecule has 0 bridgehead atoms. The van der Waals surface area contributed by atoms with Crippen molar-refractivity contribution in [3.05, 3.63) is 64.2 Å². The molecule has 0 unspecified atom stereocenters. The average molecular weight is 353 g/mol. The summed E-state index contributed by atoms with van der Waals surface area (Å²) in [5.74, 6) is -0.119. The molecule has 1 aliphatic heterocycles. The highest BCUT2D eigenvalue weighted by molar-refractivity contribution is 5.96.